The highest BCUT2D eigenvalue weighted by molar-refractivity contribution is 7.99. The van der Waals surface area contributed by atoms with Crippen LogP contribution in [-0.2, 0) is 11.3 Å². The first-order valence-electron chi connectivity index (χ1n) is 9.96. The molecule has 0 aliphatic rings. The molecule has 3 aromatic rings. The molecule has 9 nitrogen and oxygen atoms in total. The van der Waals surface area contributed by atoms with Crippen LogP contribution in [0.25, 0.3) is 11.4 Å². The number of benzene rings is 2. The Morgan fingerprint density at radius 2 is 1.70 bits per heavy atom. The van der Waals surface area contributed by atoms with Crippen molar-refractivity contribution in [2.75, 3.05) is 39.5 Å². The zero-order valence-electron chi connectivity index (χ0n) is 19.0. The topological polar surface area (TPSA) is 96.7 Å². The molecule has 0 radical (unpaired) electrons. The number of anilines is 1. The normalized spacial score (nSPS) is 10.4. The summed E-state index contributed by atoms with van der Waals surface area (Å²) in [6, 6.07) is 10.8. The number of amides is 1. The van der Waals surface area contributed by atoms with E-state index in [9.17, 15) is 4.79 Å². The van der Waals surface area contributed by atoms with Crippen molar-refractivity contribution in [2.45, 2.75) is 11.7 Å². The lowest BCUT2D eigenvalue weighted by molar-refractivity contribution is -0.113. The Balaban J connectivity index is 1.84. The Morgan fingerprint density at radius 3 is 2.30 bits per heavy atom. The number of hydrogen-bond donors (Lipinski definition) is 1. The quantitative estimate of drug-likeness (QED) is 0.333. The number of hydrogen-bond acceptors (Lipinski definition) is 8. The standard InChI is InChI=1S/C23H26N4O5S/c1-6-11-27-22(15-12-18(30-3)21(32-5)19(13-15)31-4)25-26-23(27)33-14-20(28)24-16-9-7-8-10-17(16)29-2/h6-10,12-13H,1,11,14H2,2-5H3,(H,24,28). The van der Waals surface area contributed by atoms with Crippen molar-refractivity contribution in [1.29, 1.82) is 0 Å². The van der Waals surface area contributed by atoms with Crippen LogP contribution in [0, 0.1) is 0 Å². The molecule has 2 aromatic carbocycles. The average Bonchev–Trinajstić information content (AvgIpc) is 3.24. The van der Waals surface area contributed by atoms with E-state index in [0.29, 0.717) is 46.2 Å². The van der Waals surface area contributed by atoms with E-state index in [0.717, 1.165) is 5.56 Å². The predicted molar refractivity (Wildman–Crippen MR) is 128 cm³/mol. The van der Waals surface area contributed by atoms with Gasteiger partial charge in [-0.2, -0.15) is 0 Å². The van der Waals surface area contributed by atoms with Gasteiger partial charge in [0.2, 0.25) is 11.7 Å². The van der Waals surface area contributed by atoms with Crippen molar-refractivity contribution >= 4 is 23.4 Å². The molecule has 1 amide bonds. The van der Waals surface area contributed by atoms with E-state index in [4.69, 9.17) is 18.9 Å². The van der Waals surface area contributed by atoms with Gasteiger partial charge in [-0.05, 0) is 24.3 Å². The highest BCUT2D eigenvalue weighted by Gasteiger charge is 2.20. The number of carbonyl (C=O) groups excluding carboxylic acids is 1. The summed E-state index contributed by atoms with van der Waals surface area (Å²) in [4.78, 5) is 12.5. The van der Waals surface area contributed by atoms with Gasteiger partial charge in [0.1, 0.15) is 5.75 Å². The second-order valence-electron chi connectivity index (χ2n) is 6.66. The SMILES string of the molecule is C=CCn1c(SCC(=O)Nc2ccccc2OC)nnc1-c1cc(OC)c(OC)c(OC)c1. The molecule has 0 fully saturated rings. The Labute approximate surface area is 196 Å². The van der Waals surface area contributed by atoms with Gasteiger partial charge >= 0.3 is 0 Å². The summed E-state index contributed by atoms with van der Waals surface area (Å²) in [7, 11) is 6.21. The first kappa shape index (κ1) is 24.0. The molecule has 0 aliphatic heterocycles. The van der Waals surface area contributed by atoms with Crippen LogP contribution in [0.15, 0.2) is 54.2 Å². The van der Waals surface area contributed by atoms with Crippen LogP contribution < -0.4 is 24.3 Å². The number of allylic oxidation sites excluding steroid dienone is 1. The van der Waals surface area contributed by atoms with Gasteiger partial charge < -0.3 is 24.3 Å². The monoisotopic (exact) mass is 470 g/mol. The predicted octanol–water partition coefficient (Wildman–Crippen LogP) is 3.90. The molecule has 3 rings (SSSR count). The third-order valence-corrected chi connectivity index (χ3v) is 5.63. The first-order chi connectivity index (χ1) is 16.1. The van der Waals surface area contributed by atoms with Gasteiger partial charge in [-0.15, -0.1) is 16.8 Å². The van der Waals surface area contributed by atoms with Crippen LogP contribution in [0.4, 0.5) is 5.69 Å². The number of carbonyl (C=O) groups is 1. The van der Waals surface area contributed by atoms with E-state index >= 15 is 0 Å². The maximum atomic E-state index is 12.5. The fraction of sp³-hybridized carbons (Fsp3) is 0.261. The van der Waals surface area contributed by atoms with Gasteiger partial charge in [-0.3, -0.25) is 9.36 Å². The maximum absolute atomic E-state index is 12.5. The van der Waals surface area contributed by atoms with Gasteiger partial charge in [0.25, 0.3) is 0 Å². The van der Waals surface area contributed by atoms with Gasteiger partial charge in [-0.1, -0.05) is 30.0 Å². The van der Waals surface area contributed by atoms with E-state index in [1.165, 1.54) is 11.8 Å². The van der Waals surface area contributed by atoms with E-state index in [-0.39, 0.29) is 11.7 Å². The molecule has 0 saturated heterocycles. The minimum Gasteiger partial charge on any atom is -0.495 e. The molecule has 1 aromatic heterocycles. The lowest BCUT2D eigenvalue weighted by Crippen LogP contribution is -2.15. The van der Waals surface area contributed by atoms with E-state index in [2.05, 4.69) is 22.1 Å². The van der Waals surface area contributed by atoms with Crippen LogP contribution in [0.1, 0.15) is 0 Å². The molecular formula is C23H26N4O5S. The molecule has 10 heteroatoms. The molecule has 1 heterocycles. The summed E-state index contributed by atoms with van der Waals surface area (Å²) in [6.45, 7) is 4.28. The Bertz CT molecular complexity index is 1110. The average molecular weight is 471 g/mol. The van der Waals surface area contributed by atoms with Crippen LogP contribution in [-0.4, -0.2) is 54.9 Å². The van der Waals surface area contributed by atoms with Crippen molar-refractivity contribution in [1.82, 2.24) is 14.8 Å². The zero-order valence-corrected chi connectivity index (χ0v) is 19.8. The van der Waals surface area contributed by atoms with Crippen LogP contribution in [0.2, 0.25) is 0 Å². The number of rotatable bonds is 11. The highest BCUT2D eigenvalue weighted by Crippen LogP contribution is 2.41. The molecule has 0 saturated carbocycles. The van der Waals surface area contributed by atoms with Crippen LogP contribution >= 0.6 is 11.8 Å². The molecule has 0 bridgehead atoms. The summed E-state index contributed by atoms with van der Waals surface area (Å²) in [5, 5.41) is 12.1. The van der Waals surface area contributed by atoms with Gasteiger partial charge in [-0.25, -0.2) is 0 Å². The number of aromatic nitrogens is 3. The Morgan fingerprint density at radius 1 is 1.03 bits per heavy atom. The third kappa shape index (κ3) is 5.40. The second kappa shape index (κ2) is 11.3. The van der Waals surface area contributed by atoms with Crippen LogP contribution in [0.5, 0.6) is 23.0 Å². The number of methoxy groups -OCH3 is 4. The van der Waals surface area contributed by atoms with Crippen LogP contribution in [0.3, 0.4) is 0 Å². The van der Waals surface area contributed by atoms with Gasteiger partial charge in [0, 0.05) is 12.1 Å². The van der Waals surface area contributed by atoms with Crippen molar-refractivity contribution in [2.24, 2.45) is 0 Å². The maximum Gasteiger partial charge on any atom is 0.234 e. The smallest absolute Gasteiger partial charge is 0.234 e. The van der Waals surface area contributed by atoms with Crippen molar-refractivity contribution in [3.8, 4) is 34.4 Å². The zero-order chi connectivity index (χ0) is 23.8. The summed E-state index contributed by atoms with van der Waals surface area (Å²) >= 11 is 1.27. The number of para-hydroxylation sites is 2. The van der Waals surface area contributed by atoms with Crippen molar-refractivity contribution in [3.63, 3.8) is 0 Å². The fourth-order valence-electron chi connectivity index (χ4n) is 3.18. The number of nitrogens with one attached hydrogen (secondary N) is 1. The highest BCUT2D eigenvalue weighted by atomic mass is 32.2. The molecule has 33 heavy (non-hydrogen) atoms. The Hall–Kier alpha value is -3.66. The number of nitrogens with zero attached hydrogens (tertiary/aromatic N) is 3. The summed E-state index contributed by atoms with van der Waals surface area (Å²) in [5.41, 5.74) is 1.33. The number of ether oxygens (including phenoxy) is 4. The lowest BCUT2D eigenvalue weighted by Gasteiger charge is -2.14. The second-order valence-corrected chi connectivity index (χ2v) is 7.60. The molecular weight excluding hydrogens is 444 g/mol. The molecule has 1 N–H and O–H groups in total. The largest absolute Gasteiger partial charge is 0.495 e. The summed E-state index contributed by atoms with van der Waals surface area (Å²) in [6.07, 6.45) is 1.74. The first-order valence-corrected chi connectivity index (χ1v) is 10.9. The van der Waals surface area contributed by atoms with Crippen molar-refractivity contribution in [3.05, 3.63) is 49.1 Å². The minimum absolute atomic E-state index is 0.141. The van der Waals surface area contributed by atoms with E-state index in [1.807, 2.05) is 16.7 Å². The Kier molecular flexibility index (Phi) is 8.20. The van der Waals surface area contributed by atoms with Gasteiger partial charge in [0.15, 0.2) is 22.5 Å². The lowest BCUT2D eigenvalue weighted by atomic mass is 10.1. The van der Waals surface area contributed by atoms with E-state index < -0.39 is 0 Å². The minimum atomic E-state index is -0.188. The molecule has 174 valence electrons. The molecule has 0 aliphatic carbocycles. The third-order valence-electron chi connectivity index (χ3n) is 4.66. The molecule has 0 spiro atoms. The van der Waals surface area contributed by atoms with Gasteiger partial charge in [0.05, 0.1) is 39.9 Å². The van der Waals surface area contributed by atoms with Crippen molar-refractivity contribution < 1.29 is 23.7 Å². The fourth-order valence-corrected chi connectivity index (χ4v) is 3.92. The molecule has 0 unspecified atom stereocenters. The molecule has 0 atom stereocenters. The summed E-state index contributed by atoms with van der Waals surface area (Å²) < 4.78 is 23.4. The number of thioether (sulfide) groups is 1. The van der Waals surface area contributed by atoms with E-state index in [1.54, 1.807) is 58.8 Å². The summed E-state index contributed by atoms with van der Waals surface area (Å²) in [5.74, 6) is 2.63.